The minimum absolute atomic E-state index is 0.108. The minimum atomic E-state index is -4.96. The summed E-state index contributed by atoms with van der Waals surface area (Å²) in [6, 6.07) is 0. The van der Waals surface area contributed by atoms with Crippen LogP contribution >= 0.6 is 15.6 Å². The molecule has 0 spiro atoms. The third kappa shape index (κ3) is 74.3. The Balaban J connectivity index is 5.21. The second kappa shape index (κ2) is 75.3. The quantitative estimate of drug-likeness (QED) is 0.0222. The van der Waals surface area contributed by atoms with Crippen molar-refractivity contribution in [3.8, 4) is 0 Å². The van der Waals surface area contributed by atoms with E-state index in [0.717, 1.165) is 89.9 Å². The summed E-state index contributed by atoms with van der Waals surface area (Å²) in [5.41, 5.74) is 0. The van der Waals surface area contributed by atoms with Crippen LogP contribution < -0.4 is 0 Å². The highest BCUT2D eigenvalue weighted by atomic mass is 31.2. The number of carbonyl (C=O) groups excluding carboxylic acids is 4. The molecule has 0 rings (SSSR count). The number of phosphoric acid groups is 2. The lowest BCUT2D eigenvalue weighted by molar-refractivity contribution is -0.161. The lowest BCUT2D eigenvalue weighted by Gasteiger charge is -2.21. The van der Waals surface area contributed by atoms with Gasteiger partial charge in [-0.15, -0.1) is 0 Å². The van der Waals surface area contributed by atoms with Gasteiger partial charge < -0.3 is 33.8 Å². The van der Waals surface area contributed by atoms with Gasteiger partial charge in [-0.25, -0.2) is 9.13 Å². The fourth-order valence-electron chi connectivity index (χ4n) is 12.6. The zero-order valence-corrected chi connectivity index (χ0v) is 67.0. The molecule has 2 unspecified atom stereocenters. The van der Waals surface area contributed by atoms with Crippen LogP contribution in [0.5, 0.6) is 0 Å². The molecule has 3 N–H and O–H groups in total. The molecule has 19 heteroatoms. The van der Waals surface area contributed by atoms with E-state index >= 15 is 0 Å². The van der Waals surface area contributed by atoms with E-state index in [1.165, 1.54) is 270 Å². The number of rotatable bonds is 82. The van der Waals surface area contributed by atoms with Gasteiger partial charge in [0, 0.05) is 25.7 Å². The van der Waals surface area contributed by atoms with Gasteiger partial charge in [0.15, 0.2) is 12.2 Å². The molecule has 0 radical (unpaired) electrons. The van der Waals surface area contributed by atoms with Crippen molar-refractivity contribution in [3.05, 3.63) is 0 Å². The molecule has 0 aliphatic carbocycles. The summed E-state index contributed by atoms with van der Waals surface area (Å²) < 4.78 is 68.7. The van der Waals surface area contributed by atoms with Crippen LogP contribution in [0.3, 0.4) is 0 Å². The number of phosphoric ester groups is 2. The predicted octanol–water partition coefficient (Wildman–Crippen LogP) is 24.6. The number of esters is 4. The largest absolute Gasteiger partial charge is 0.472 e. The van der Waals surface area contributed by atoms with Crippen molar-refractivity contribution in [2.24, 2.45) is 0 Å². The zero-order valence-electron chi connectivity index (χ0n) is 65.2. The van der Waals surface area contributed by atoms with Crippen molar-refractivity contribution in [3.63, 3.8) is 0 Å². The highest BCUT2D eigenvalue weighted by Crippen LogP contribution is 2.45. The van der Waals surface area contributed by atoms with E-state index in [4.69, 9.17) is 37.0 Å². The van der Waals surface area contributed by atoms with E-state index in [1.807, 2.05) is 0 Å². The van der Waals surface area contributed by atoms with E-state index in [1.54, 1.807) is 0 Å². The summed E-state index contributed by atoms with van der Waals surface area (Å²) in [4.78, 5) is 73.0. The van der Waals surface area contributed by atoms with E-state index in [2.05, 4.69) is 27.7 Å². The summed E-state index contributed by atoms with van der Waals surface area (Å²) in [6.07, 6.45) is 67.9. The Labute approximate surface area is 613 Å². The topological polar surface area (TPSA) is 237 Å². The molecule has 17 nitrogen and oxygen atoms in total. The maximum atomic E-state index is 13.1. The Kier molecular flexibility index (Phi) is 73.8. The lowest BCUT2D eigenvalue weighted by atomic mass is 10.0. The molecule has 0 amide bonds. The van der Waals surface area contributed by atoms with E-state index in [9.17, 15) is 43.2 Å². The molecule has 0 aromatic rings. The Morgan fingerprint density at radius 3 is 0.590 bits per heavy atom. The molecular weight excluding hydrogens is 1310 g/mol. The number of hydrogen-bond donors (Lipinski definition) is 3. The number of ether oxygens (including phenoxy) is 4. The predicted molar refractivity (Wildman–Crippen MR) is 409 cm³/mol. The maximum absolute atomic E-state index is 13.1. The first kappa shape index (κ1) is 98.1. The molecule has 5 atom stereocenters. The summed E-state index contributed by atoms with van der Waals surface area (Å²) in [6.45, 7) is 5.02. The first-order chi connectivity index (χ1) is 48.7. The molecule has 0 aliphatic heterocycles. The van der Waals surface area contributed by atoms with Crippen LogP contribution in [-0.2, 0) is 65.4 Å². The Bertz CT molecular complexity index is 1890. The normalized spacial score (nSPS) is 13.8. The molecule has 0 bridgehead atoms. The maximum Gasteiger partial charge on any atom is 0.472 e. The van der Waals surface area contributed by atoms with Gasteiger partial charge in [-0.3, -0.25) is 37.3 Å². The number of aliphatic hydroxyl groups is 1. The van der Waals surface area contributed by atoms with Crippen LogP contribution in [0.4, 0.5) is 0 Å². The second-order valence-electron chi connectivity index (χ2n) is 29.2. The average molecular weight is 1470 g/mol. The highest BCUT2D eigenvalue weighted by molar-refractivity contribution is 7.47. The molecule has 0 aliphatic rings. The molecular formula is C81H158O17P2. The minimum Gasteiger partial charge on any atom is -0.462 e. The molecule has 594 valence electrons. The average Bonchev–Trinajstić information content (AvgIpc) is 0.925. The lowest BCUT2D eigenvalue weighted by Crippen LogP contribution is -2.30. The zero-order chi connectivity index (χ0) is 73.2. The van der Waals surface area contributed by atoms with Gasteiger partial charge in [0.2, 0.25) is 0 Å². The van der Waals surface area contributed by atoms with Gasteiger partial charge >= 0.3 is 39.5 Å². The van der Waals surface area contributed by atoms with Crippen LogP contribution in [0.15, 0.2) is 0 Å². The van der Waals surface area contributed by atoms with E-state index < -0.39 is 97.5 Å². The van der Waals surface area contributed by atoms with Crippen LogP contribution in [0, 0.1) is 0 Å². The second-order valence-corrected chi connectivity index (χ2v) is 32.1. The van der Waals surface area contributed by atoms with Gasteiger partial charge in [-0.05, 0) is 25.7 Å². The summed E-state index contributed by atoms with van der Waals surface area (Å²) in [7, 11) is -9.92. The Morgan fingerprint density at radius 1 is 0.240 bits per heavy atom. The summed E-state index contributed by atoms with van der Waals surface area (Å²) in [5, 5.41) is 10.6. The standard InChI is InChI=1S/C81H158O17P2/c1-5-9-13-17-21-25-29-32-34-36-37-38-39-40-42-44-48-52-56-60-64-68-81(86)98-77(72-92-79(84)66-62-58-54-50-47-43-41-35-33-30-26-22-18-14-10-6-2)74-96-100(89,90)94-70-75(82)69-93-99(87,88)95-73-76(71-91-78(83)65-61-57-53-49-45-28-24-20-16-12-8-4)97-80(85)67-63-59-55-51-46-31-27-23-19-15-11-7-3/h75-77,82H,5-74H2,1-4H3,(H,87,88)(H,89,90)/t75-,76+,77+/m0/s1. The van der Waals surface area contributed by atoms with Crippen molar-refractivity contribution >= 4 is 39.5 Å². The first-order valence-electron chi connectivity index (χ1n) is 42.3. The van der Waals surface area contributed by atoms with E-state index in [-0.39, 0.29) is 25.7 Å². The first-order valence-corrected chi connectivity index (χ1v) is 45.3. The number of unbranched alkanes of at least 4 members (excludes halogenated alkanes) is 56. The Hall–Kier alpha value is -1.94. The fourth-order valence-corrected chi connectivity index (χ4v) is 14.2. The van der Waals surface area contributed by atoms with Gasteiger partial charge in [0.1, 0.15) is 19.3 Å². The van der Waals surface area contributed by atoms with Gasteiger partial charge in [-0.2, -0.15) is 0 Å². The number of aliphatic hydroxyl groups excluding tert-OH is 1. The fraction of sp³-hybridized carbons (Fsp3) is 0.951. The van der Waals surface area contributed by atoms with Crippen molar-refractivity contribution in [1.82, 2.24) is 0 Å². The molecule has 0 aromatic carbocycles. The molecule has 100 heavy (non-hydrogen) atoms. The number of carbonyl (C=O) groups is 4. The smallest absolute Gasteiger partial charge is 0.462 e. The molecule has 0 saturated heterocycles. The molecule has 0 fully saturated rings. The molecule has 0 saturated carbocycles. The van der Waals surface area contributed by atoms with Gasteiger partial charge in [-0.1, -0.05) is 387 Å². The van der Waals surface area contributed by atoms with Crippen LogP contribution in [0.25, 0.3) is 0 Å². The summed E-state index contributed by atoms with van der Waals surface area (Å²) in [5.74, 6) is -2.10. The van der Waals surface area contributed by atoms with Crippen LogP contribution in [0.1, 0.15) is 439 Å². The molecule has 0 heterocycles. The third-order valence-electron chi connectivity index (χ3n) is 19.1. The van der Waals surface area contributed by atoms with Crippen molar-refractivity contribution in [2.45, 2.75) is 457 Å². The summed E-state index contributed by atoms with van der Waals surface area (Å²) >= 11 is 0. The van der Waals surface area contributed by atoms with Crippen molar-refractivity contribution in [1.29, 1.82) is 0 Å². The molecule has 0 aromatic heterocycles. The third-order valence-corrected chi connectivity index (χ3v) is 21.0. The highest BCUT2D eigenvalue weighted by Gasteiger charge is 2.30. The SMILES string of the molecule is CCCCCCCCCCCCCCCCCCCCCCCC(=O)O[C@H](COC(=O)CCCCCCCCCCCCCCCCCC)COP(=O)(O)OC[C@@H](O)COP(=O)(O)OC[C@@H](COC(=O)CCCCCCCCCCCCC)OC(=O)CCCCCCCCCCCCCC. The Morgan fingerprint density at radius 2 is 0.400 bits per heavy atom. The van der Waals surface area contributed by atoms with Crippen LogP contribution in [0.2, 0.25) is 0 Å². The monoisotopic (exact) mass is 1470 g/mol. The van der Waals surface area contributed by atoms with Crippen molar-refractivity contribution in [2.75, 3.05) is 39.6 Å². The van der Waals surface area contributed by atoms with Gasteiger partial charge in [0.25, 0.3) is 0 Å². The number of hydrogen-bond acceptors (Lipinski definition) is 15. The van der Waals surface area contributed by atoms with Crippen LogP contribution in [-0.4, -0.2) is 96.7 Å². The van der Waals surface area contributed by atoms with E-state index in [0.29, 0.717) is 25.7 Å². The van der Waals surface area contributed by atoms with Crippen molar-refractivity contribution < 1.29 is 80.2 Å². The van der Waals surface area contributed by atoms with Gasteiger partial charge in [0.05, 0.1) is 26.4 Å².